The number of pyridine rings is 1. The molecule has 0 atom stereocenters. The molecule has 0 unspecified atom stereocenters. The summed E-state index contributed by atoms with van der Waals surface area (Å²) in [7, 11) is 1.61. The number of hydrogen-bond acceptors (Lipinski definition) is 5. The number of aromatic nitrogens is 1. The summed E-state index contributed by atoms with van der Waals surface area (Å²) in [4.78, 5) is 15.0. The lowest BCUT2D eigenvalue weighted by Crippen LogP contribution is -1.96. The molecule has 1 aromatic heterocycles. The van der Waals surface area contributed by atoms with Gasteiger partial charge in [0.15, 0.2) is 0 Å². The SMILES string of the molecule is COc1ccc2c(Nc3cccc([N+](=O)[O-])c3)cc(C)nc2c1. The number of non-ortho nitro benzene ring substituents is 1. The van der Waals surface area contributed by atoms with Crippen LogP contribution >= 0.6 is 0 Å². The molecule has 0 spiro atoms. The Kier molecular flexibility index (Phi) is 3.80. The molecule has 0 aliphatic rings. The van der Waals surface area contributed by atoms with Gasteiger partial charge in [-0.05, 0) is 31.2 Å². The van der Waals surface area contributed by atoms with E-state index in [9.17, 15) is 10.1 Å². The van der Waals surface area contributed by atoms with Crippen LogP contribution in [0.15, 0.2) is 48.5 Å². The van der Waals surface area contributed by atoms with Crippen molar-refractivity contribution in [2.75, 3.05) is 12.4 Å². The van der Waals surface area contributed by atoms with Gasteiger partial charge in [-0.25, -0.2) is 0 Å². The molecule has 0 fully saturated rings. The summed E-state index contributed by atoms with van der Waals surface area (Å²) in [5, 5.41) is 15.1. The third-order valence-electron chi connectivity index (χ3n) is 3.48. The van der Waals surface area contributed by atoms with Crippen molar-refractivity contribution >= 4 is 28.0 Å². The maximum atomic E-state index is 10.9. The van der Waals surface area contributed by atoms with Gasteiger partial charge >= 0.3 is 0 Å². The topological polar surface area (TPSA) is 77.3 Å². The van der Waals surface area contributed by atoms with Crippen molar-refractivity contribution in [1.82, 2.24) is 4.98 Å². The number of anilines is 2. The van der Waals surface area contributed by atoms with E-state index in [1.165, 1.54) is 12.1 Å². The zero-order valence-electron chi connectivity index (χ0n) is 12.7. The summed E-state index contributed by atoms with van der Waals surface area (Å²) in [5.74, 6) is 0.733. The van der Waals surface area contributed by atoms with Gasteiger partial charge in [0.2, 0.25) is 0 Å². The van der Waals surface area contributed by atoms with Crippen molar-refractivity contribution in [2.45, 2.75) is 6.92 Å². The largest absolute Gasteiger partial charge is 0.497 e. The minimum Gasteiger partial charge on any atom is -0.497 e. The van der Waals surface area contributed by atoms with Crippen LogP contribution in [-0.2, 0) is 0 Å². The fourth-order valence-corrected chi connectivity index (χ4v) is 2.42. The number of benzene rings is 2. The highest BCUT2D eigenvalue weighted by molar-refractivity contribution is 5.94. The van der Waals surface area contributed by atoms with Crippen LogP contribution in [0.3, 0.4) is 0 Å². The van der Waals surface area contributed by atoms with Gasteiger partial charge in [0.25, 0.3) is 5.69 Å². The first-order valence-corrected chi connectivity index (χ1v) is 7.04. The monoisotopic (exact) mass is 309 g/mol. The van der Waals surface area contributed by atoms with Crippen molar-refractivity contribution in [3.63, 3.8) is 0 Å². The van der Waals surface area contributed by atoms with Crippen LogP contribution in [0.1, 0.15) is 5.69 Å². The molecule has 6 nitrogen and oxygen atoms in total. The summed E-state index contributed by atoms with van der Waals surface area (Å²) < 4.78 is 5.23. The van der Waals surface area contributed by atoms with Crippen molar-refractivity contribution in [3.05, 3.63) is 64.3 Å². The molecule has 6 heteroatoms. The fraction of sp³-hybridized carbons (Fsp3) is 0.118. The molecular weight excluding hydrogens is 294 g/mol. The van der Waals surface area contributed by atoms with E-state index in [0.29, 0.717) is 5.69 Å². The Bertz CT molecular complexity index is 893. The lowest BCUT2D eigenvalue weighted by molar-refractivity contribution is -0.384. The molecule has 0 aliphatic heterocycles. The highest BCUT2D eigenvalue weighted by atomic mass is 16.6. The zero-order chi connectivity index (χ0) is 16.4. The van der Waals surface area contributed by atoms with E-state index >= 15 is 0 Å². The van der Waals surface area contributed by atoms with Crippen molar-refractivity contribution in [1.29, 1.82) is 0 Å². The Balaban J connectivity index is 2.06. The van der Waals surface area contributed by atoms with E-state index in [1.54, 1.807) is 19.2 Å². The quantitative estimate of drug-likeness (QED) is 0.577. The van der Waals surface area contributed by atoms with Gasteiger partial charge in [0.1, 0.15) is 5.75 Å². The highest BCUT2D eigenvalue weighted by Crippen LogP contribution is 2.30. The van der Waals surface area contributed by atoms with Gasteiger partial charge < -0.3 is 10.1 Å². The average molecular weight is 309 g/mol. The van der Waals surface area contributed by atoms with Gasteiger partial charge in [-0.1, -0.05) is 6.07 Å². The van der Waals surface area contributed by atoms with Crippen LogP contribution in [0.5, 0.6) is 5.75 Å². The molecule has 0 amide bonds. The first-order valence-electron chi connectivity index (χ1n) is 7.04. The van der Waals surface area contributed by atoms with E-state index in [0.717, 1.165) is 28.0 Å². The molecule has 23 heavy (non-hydrogen) atoms. The van der Waals surface area contributed by atoms with Gasteiger partial charge in [0.05, 0.1) is 17.5 Å². The molecule has 0 radical (unpaired) electrons. The van der Waals surface area contributed by atoms with E-state index in [1.807, 2.05) is 31.2 Å². The van der Waals surface area contributed by atoms with Crippen LogP contribution in [0.4, 0.5) is 17.1 Å². The van der Waals surface area contributed by atoms with Crippen LogP contribution in [0.25, 0.3) is 10.9 Å². The Morgan fingerprint density at radius 1 is 1.17 bits per heavy atom. The third kappa shape index (κ3) is 3.06. The van der Waals surface area contributed by atoms with E-state index in [4.69, 9.17) is 4.74 Å². The summed E-state index contributed by atoms with van der Waals surface area (Å²) in [6.07, 6.45) is 0. The number of nitrogens with zero attached hydrogens (tertiary/aromatic N) is 2. The van der Waals surface area contributed by atoms with E-state index < -0.39 is 4.92 Å². The number of hydrogen-bond donors (Lipinski definition) is 1. The van der Waals surface area contributed by atoms with Crippen molar-refractivity contribution in [3.8, 4) is 5.75 Å². The summed E-state index contributed by atoms with van der Waals surface area (Å²) in [6, 6.07) is 14.0. The standard InChI is InChI=1S/C17H15N3O3/c1-11-8-16(15-7-6-14(23-2)10-17(15)18-11)19-12-4-3-5-13(9-12)20(21)22/h3-10H,1-2H3,(H,18,19). The number of nitro groups is 1. The zero-order valence-corrected chi connectivity index (χ0v) is 12.7. The number of nitro benzene ring substituents is 1. The molecule has 0 saturated heterocycles. The number of fused-ring (bicyclic) bond motifs is 1. The average Bonchev–Trinajstić information content (AvgIpc) is 2.54. The van der Waals surface area contributed by atoms with Crippen LogP contribution in [0.2, 0.25) is 0 Å². The van der Waals surface area contributed by atoms with Crippen LogP contribution in [0, 0.1) is 17.0 Å². The minimum atomic E-state index is -0.411. The molecule has 3 rings (SSSR count). The number of nitrogens with one attached hydrogen (secondary N) is 1. The van der Waals surface area contributed by atoms with Crippen LogP contribution in [-0.4, -0.2) is 17.0 Å². The molecule has 1 N–H and O–H groups in total. The van der Waals surface area contributed by atoms with Gasteiger partial charge in [0, 0.05) is 40.7 Å². The predicted molar refractivity (Wildman–Crippen MR) is 89.4 cm³/mol. The number of ether oxygens (including phenoxy) is 1. The lowest BCUT2D eigenvalue weighted by atomic mass is 10.1. The second-order valence-corrected chi connectivity index (χ2v) is 5.13. The Morgan fingerprint density at radius 3 is 2.74 bits per heavy atom. The maximum Gasteiger partial charge on any atom is 0.271 e. The van der Waals surface area contributed by atoms with E-state index in [2.05, 4.69) is 10.3 Å². The van der Waals surface area contributed by atoms with Gasteiger partial charge in [-0.2, -0.15) is 0 Å². The second kappa shape index (κ2) is 5.92. The smallest absolute Gasteiger partial charge is 0.271 e. The minimum absolute atomic E-state index is 0.0479. The van der Waals surface area contributed by atoms with Gasteiger partial charge in [-0.15, -0.1) is 0 Å². The first kappa shape index (κ1) is 14.8. The van der Waals surface area contributed by atoms with Gasteiger partial charge in [-0.3, -0.25) is 15.1 Å². The van der Waals surface area contributed by atoms with Crippen LogP contribution < -0.4 is 10.1 Å². The molecule has 116 valence electrons. The maximum absolute atomic E-state index is 10.9. The fourth-order valence-electron chi connectivity index (χ4n) is 2.42. The number of rotatable bonds is 4. The highest BCUT2D eigenvalue weighted by Gasteiger charge is 2.09. The summed E-state index contributed by atoms with van der Waals surface area (Å²) in [5.41, 5.74) is 3.19. The summed E-state index contributed by atoms with van der Waals surface area (Å²) in [6.45, 7) is 1.90. The molecule has 0 saturated carbocycles. The Labute approximate surface area is 132 Å². The molecule has 2 aromatic carbocycles. The number of aryl methyl sites for hydroxylation is 1. The third-order valence-corrected chi connectivity index (χ3v) is 3.48. The molecule has 0 aliphatic carbocycles. The van der Waals surface area contributed by atoms with E-state index in [-0.39, 0.29) is 5.69 Å². The predicted octanol–water partition coefficient (Wildman–Crippen LogP) is 4.20. The molecule has 1 heterocycles. The van der Waals surface area contributed by atoms with Crippen molar-refractivity contribution in [2.24, 2.45) is 0 Å². The van der Waals surface area contributed by atoms with Crippen molar-refractivity contribution < 1.29 is 9.66 Å². The first-order chi connectivity index (χ1) is 11.1. The summed E-state index contributed by atoms with van der Waals surface area (Å²) >= 11 is 0. The molecule has 3 aromatic rings. The Hall–Kier alpha value is -3.15. The lowest BCUT2D eigenvalue weighted by Gasteiger charge is -2.11. The normalized spacial score (nSPS) is 10.5. The second-order valence-electron chi connectivity index (χ2n) is 5.13. The molecular formula is C17H15N3O3. The molecule has 0 bridgehead atoms. The Morgan fingerprint density at radius 2 is 2.00 bits per heavy atom. The number of methoxy groups -OCH3 is 1.